The Balaban J connectivity index is 2.62. The predicted octanol–water partition coefficient (Wildman–Crippen LogP) is 1.53. The monoisotopic (exact) mass is 176 g/mol. The lowest BCUT2D eigenvalue weighted by Gasteiger charge is -1.99. The smallest absolute Gasteiger partial charge is 0.152 e. The van der Waals surface area contributed by atoms with Crippen LogP contribution in [0.15, 0.2) is 30.6 Å². The summed E-state index contributed by atoms with van der Waals surface area (Å²) in [5.74, 6) is 0. The summed E-state index contributed by atoms with van der Waals surface area (Å²) < 4.78 is 0.926. The second kappa shape index (κ2) is 2.82. The molecule has 66 valence electrons. The number of hydrogen-bond donors (Lipinski definition) is 2. The van der Waals surface area contributed by atoms with Gasteiger partial charge in [0.25, 0.3) is 0 Å². The molecule has 0 saturated heterocycles. The Morgan fingerprint density at radius 2 is 2.31 bits per heavy atom. The summed E-state index contributed by atoms with van der Waals surface area (Å²) in [5, 5.41) is 9.37. The van der Waals surface area contributed by atoms with Gasteiger partial charge in [-0.3, -0.25) is 4.79 Å². The third kappa shape index (κ3) is 1.12. The van der Waals surface area contributed by atoms with E-state index in [0.29, 0.717) is 17.5 Å². The van der Waals surface area contributed by atoms with Gasteiger partial charge in [0.2, 0.25) is 0 Å². The highest BCUT2D eigenvalue weighted by molar-refractivity contribution is 5.85. The maximum absolute atomic E-state index is 10.6. The van der Waals surface area contributed by atoms with E-state index in [2.05, 4.69) is 4.98 Å². The highest BCUT2D eigenvalue weighted by atomic mass is 16.5. The second-order valence-corrected chi connectivity index (χ2v) is 2.67. The molecule has 2 rings (SSSR count). The van der Waals surface area contributed by atoms with Crippen LogP contribution < -0.4 is 0 Å². The fourth-order valence-electron chi connectivity index (χ4n) is 1.29. The van der Waals surface area contributed by atoms with Crippen molar-refractivity contribution in [3.05, 3.63) is 36.2 Å². The predicted molar refractivity (Wildman–Crippen MR) is 46.8 cm³/mol. The van der Waals surface area contributed by atoms with Crippen molar-refractivity contribution >= 4 is 6.29 Å². The van der Waals surface area contributed by atoms with Crippen molar-refractivity contribution in [3.63, 3.8) is 0 Å². The molecule has 4 heteroatoms. The van der Waals surface area contributed by atoms with Crippen LogP contribution in [0.4, 0.5) is 0 Å². The number of aromatic nitrogens is 2. The van der Waals surface area contributed by atoms with Crippen LogP contribution in [-0.2, 0) is 0 Å². The van der Waals surface area contributed by atoms with Gasteiger partial charge in [0.05, 0.1) is 5.69 Å². The number of H-pyrrole nitrogens is 1. The van der Waals surface area contributed by atoms with Gasteiger partial charge >= 0.3 is 0 Å². The number of rotatable bonds is 2. The highest BCUT2D eigenvalue weighted by Crippen LogP contribution is 2.20. The van der Waals surface area contributed by atoms with Gasteiger partial charge in [-0.1, -0.05) is 0 Å². The van der Waals surface area contributed by atoms with Crippen LogP contribution in [0.2, 0.25) is 0 Å². The summed E-state index contributed by atoms with van der Waals surface area (Å²) in [6, 6.07) is 5.15. The molecule has 0 radical (unpaired) electrons. The fraction of sp³-hybridized carbons (Fsp3) is 0. The lowest BCUT2D eigenvalue weighted by Crippen LogP contribution is -1.93. The molecule has 2 aromatic rings. The number of aromatic amines is 1. The largest absolute Gasteiger partial charge is 0.428 e. The zero-order valence-electron chi connectivity index (χ0n) is 6.77. The maximum Gasteiger partial charge on any atom is 0.152 e. The van der Waals surface area contributed by atoms with Gasteiger partial charge in [0.15, 0.2) is 6.29 Å². The summed E-state index contributed by atoms with van der Waals surface area (Å²) >= 11 is 0. The molecule has 2 N–H and O–H groups in total. The Labute approximate surface area is 74.4 Å². The molecule has 13 heavy (non-hydrogen) atoms. The van der Waals surface area contributed by atoms with E-state index < -0.39 is 0 Å². The van der Waals surface area contributed by atoms with Gasteiger partial charge in [-0.2, -0.15) is 4.73 Å². The molecule has 0 aliphatic heterocycles. The average molecular weight is 176 g/mol. The van der Waals surface area contributed by atoms with Crippen LogP contribution >= 0.6 is 0 Å². The molecular formula is C9H8N2O2. The number of aldehydes is 1. The first-order valence-electron chi connectivity index (χ1n) is 3.82. The van der Waals surface area contributed by atoms with Crippen molar-refractivity contribution in [3.8, 4) is 11.4 Å². The number of hydrogen-bond acceptors (Lipinski definition) is 2. The first-order valence-corrected chi connectivity index (χ1v) is 3.82. The maximum atomic E-state index is 10.6. The van der Waals surface area contributed by atoms with E-state index in [9.17, 15) is 10.0 Å². The Bertz CT molecular complexity index is 415. The minimum atomic E-state index is 0.463. The Kier molecular flexibility index (Phi) is 1.66. The summed E-state index contributed by atoms with van der Waals surface area (Å²) in [6.07, 6.45) is 3.87. The van der Waals surface area contributed by atoms with E-state index in [-0.39, 0.29) is 0 Å². The highest BCUT2D eigenvalue weighted by Gasteiger charge is 2.10. The summed E-state index contributed by atoms with van der Waals surface area (Å²) in [4.78, 5) is 13.5. The Morgan fingerprint density at radius 3 is 2.92 bits per heavy atom. The second-order valence-electron chi connectivity index (χ2n) is 2.67. The van der Waals surface area contributed by atoms with Crippen molar-refractivity contribution in [2.45, 2.75) is 0 Å². The molecule has 2 heterocycles. The van der Waals surface area contributed by atoms with E-state index >= 15 is 0 Å². The van der Waals surface area contributed by atoms with E-state index in [1.807, 2.05) is 0 Å². The number of carbonyl (C=O) groups is 1. The van der Waals surface area contributed by atoms with Crippen LogP contribution in [0, 0.1) is 0 Å². The topological polar surface area (TPSA) is 58.0 Å². The molecule has 0 aliphatic carbocycles. The van der Waals surface area contributed by atoms with Crippen molar-refractivity contribution < 1.29 is 10.0 Å². The normalized spacial score (nSPS) is 10.2. The lowest BCUT2D eigenvalue weighted by molar-refractivity contribution is 0.112. The number of nitrogens with zero attached hydrogens (tertiary/aromatic N) is 1. The minimum absolute atomic E-state index is 0.463. The minimum Gasteiger partial charge on any atom is -0.428 e. The van der Waals surface area contributed by atoms with E-state index in [4.69, 9.17) is 0 Å². The number of carbonyl (C=O) groups excluding carboxylic acids is 1. The quantitative estimate of drug-likeness (QED) is 0.538. The van der Waals surface area contributed by atoms with Gasteiger partial charge in [0, 0.05) is 18.0 Å². The van der Waals surface area contributed by atoms with Crippen LogP contribution in [0.3, 0.4) is 0 Å². The molecular weight excluding hydrogens is 168 g/mol. The molecule has 0 aromatic carbocycles. The van der Waals surface area contributed by atoms with Gasteiger partial charge < -0.3 is 10.2 Å². The van der Waals surface area contributed by atoms with Crippen LogP contribution in [0.1, 0.15) is 10.4 Å². The van der Waals surface area contributed by atoms with Crippen molar-refractivity contribution in [1.82, 2.24) is 9.71 Å². The van der Waals surface area contributed by atoms with Crippen LogP contribution in [0.5, 0.6) is 0 Å². The first-order chi connectivity index (χ1) is 6.33. The molecule has 0 aliphatic rings. The standard InChI is InChI=1S/C9H8N2O2/c12-6-7-3-5-11(13)9(7)8-2-1-4-10-8/h1-6,10,13H. The Hall–Kier alpha value is -1.97. The molecule has 2 aromatic heterocycles. The number of nitrogens with one attached hydrogen (secondary N) is 1. The average Bonchev–Trinajstić information content (AvgIpc) is 2.72. The zero-order valence-corrected chi connectivity index (χ0v) is 6.77. The third-order valence-corrected chi connectivity index (χ3v) is 1.88. The van der Waals surface area contributed by atoms with Gasteiger partial charge in [-0.15, -0.1) is 0 Å². The zero-order chi connectivity index (χ0) is 9.26. The first kappa shape index (κ1) is 7.67. The molecule has 0 saturated carbocycles. The molecule has 0 unspecified atom stereocenters. The Morgan fingerprint density at radius 1 is 1.46 bits per heavy atom. The van der Waals surface area contributed by atoms with Gasteiger partial charge in [-0.05, 0) is 18.2 Å². The van der Waals surface area contributed by atoms with Crippen molar-refractivity contribution in [2.24, 2.45) is 0 Å². The van der Waals surface area contributed by atoms with E-state index in [0.717, 1.165) is 10.4 Å². The van der Waals surface area contributed by atoms with Crippen LogP contribution in [0.25, 0.3) is 11.4 Å². The summed E-state index contributed by atoms with van der Waals surface area (Å²) in [6.45, 7) is 0. The van der Waals surface area contributed by atoms with Crippen molar-refractivity contribution in [1.29, 1.82) is 0 Å². The molecule has 0 spiro atoms. The summed E-state index contributed by atoms with van der Waals surface area (Å²) in [5.41, 5.74) is 1.67. The SMILES string of the molecule is O=Cc1ccn(O)c1-c1ccc[nH]1. The lowest BCUT2D eigenvalue weighted by atomic mass is 10.2. The molecule has 0 atom stereocenters. The molecule has 4 nitrogen and oxygen atoms in total. The van der Waals surface area contributed by atoms with Crippen LogP contribution in [-0.4, -0.2) is 21.2 Å². The summed E-state index contributed by atoms with van der Waals surface area (Å²) in [7, 11) is 0. The fourth-order valence-corrected chi connectivity index (χ4v) is 1.29. The van der Waals surface area contributed by atoms with Crippen molar-refractivity contribution in [2.75, 3.05) is 0 Å². The molecule has 0 amide bonds. The van der Waals surface area contributed by atoms with Gasteiger partial charge in [-0.25, -0.2) is 0 Å². The third-order valence-electron chi connectivity index (χ3n) is 1.88. The van der Waals surface area contributed by atoms with Gasteiger partial charge in [0.1, 0.15) is 5.69 Å². The van der Waals surface area contributed by atoms with E-state index in [1.165, 1.54) is 6.20 Å². The molecule has 0 bridgehead atoms. The van der Waals surface area contributed by atoms with E-state index in [1.54, 1.807) is 24.4 Å². The molecule has 0 fully saturated rings.